The lowest BCUT2D eigenvalue weighted by Crippen LogP contribution is -2.14. The number of carboxylic acid groups (broad SMARTS) is 1. The van der Waals surface area contributed by atoms with Crippen molar-refractivity contribution in [2.24, 2.45) is 5.92 Å². The summed E-state index contributed by atoms with van der Waals surface area (Å²) in [6.07, 6.45) is 0.657. The molecule has 1 aliphatic heterocycles. The van der Waals surface area contributed by atoms with E-state index in [4.69, 9.17) is 5.11 Å². The number of hydrogen-bond acceptors (Lipinski definition) is 1. The van der Waals surface area contributed by atoms with E-state index in [-0.39, 0.29) is 5.92 Å². The SMILES string of the molecule is O=C(O)C1Cc2cc3ccccc3n2C1. The van der Waals surface area contributed by atoms with Crippen LogP contribution in [0.5, 0.6) is 0 Å². The van der Waals surface area contributed by atoms with Crippen LogP contribution in [0.2, 0.25) is 0 Å². The summed E-state index contributed by atoms with van der Waals surface area (Å²) in [5, 5.41) is 10.2. The van der Waals surface area contributed by atoms with Crippen molar-refractivity contribution in [3.05, 3.63) is 36.0 Å². The number of nitrogens with zero attached hydrogens (tertiary/aromatic N) is 1. The number of carboxylic acids is 1. The van der Waals surface area contributed by atoms with Gasteiger partial charge in [0.05, 0.1) is 5.92 Å². The Hall–Kier alpha value is -1.77. The van der Waals surface area contributed by atoms with Crippen LogP contribution in [0.15, 0.2) is 30.3 Å². The van der Waals surface area contributed by atoms with E-state index < -0.39 is 5.97 Å². The van der Waals surface area contributed by atoms with Crippen LogP contribution in [0.25, 0.3) is 10.9 Å². The minimum Gasteiger partial charge on any atom is -0.481 e. The van der Waals surface area contributed by atoms with Gasteiger partial charge in [0, 0.05) is 24.2 Å². The third kappa shape index (κ3) is 1.16. The number of benzene rings is 1. The van der Waals surface area contributed by atoms with Gasteiger partial charge in [-0.2, -0.15) is 0 Å². The molecule has 2 aromatic rings. The second kappa shape index (κ2) is 2.86. The molecule has 0 saturated heterocycles. The van der Waals surface area contributed by atoms with Gasteiger partial charge in [-0.15, -0.1) is 0 Å². The molecule has 76 valence electrons. The van der Waals surface area contributed by atoms with Crippen molar-refractivity contribution in [3.63, 3.8) is 0 Å². The van der Waals surface area contributed by atoms with E-state index in [9.17, 15) is 4.79 Å². The molecule has 0 fully saturated rings. The Kier molecular flexibility index (Phi) is 1.63. The first-order chi connectivity index (χ1) is 7.25. The molecule has 1 unspecified atom stereocenters. The Bertz CT molecular complexity index is 542. The van der Waals surface area contributed by atoms with E-state index in [1.165, 1.54) is 5.39 Å². The second-order valence-corrected chi connectivity index (χ2v) is 4.04. The van der Waals surface area contributed by atoms with Gasteiger partial charge in [-0.25, -0.2) is 0 Å². The molecule has 3 nitrogen and oxygen atoms in total. The molecule has 1 atom stereocenters. The van der Waals surface area contributed by atoms with E-state index in [0.29, 0.717) is 13.0 Å². The van der Waals surface area contributed by atoms with Gasteiger partial charge in [-0.05, 0) is 17.5 Å². The van der Waals surface area contributed by atoms with Crippen LogP contribution < -0.4 is 0 Å². The van der Waals surface area contributed by atoms with Gasteiger partial charge >= 0.3 is 5.97 Å². The Balaban J connectivity index is 2.12. The van der Waals surface area contributed by atoms with E-state index in [1.807, 2.05) is 18.2 Å². The Morgan fingerprint density at radius 3 is 3.00 bits per heavy atom. The van der Waals surface area contributed by atoms with Gasteiger partial charge in [0.1, 0.15) is 0 Å². The smallest absolute Gasteiger partial charge is 0.308 e. The lowest BCUT2D eigenvalue weighted by Gasteiger charge is -2.03. The fraction of sp³-hybridized carbons (Fsp3) is 0.250. The third-order valence-electron chi connectivity index (χ3n) is 3.10. The largest absolute Gasteiger partial charge is 0.481 e. The molecule has 2 heterocycles. The average molecular weight is 201 g/mol. The summed E-state index contributed by atoms with van der Waals surface area (Å²) < 4.78 is 2.12. The van der Waals surface area contributed by atoms with Crippen molar-refractivity contribution in [2.75, 3.05) is 0 Å². The van der Waals surface area contributed by atoms with Crippen LogP contribution in [0.1, 0.15) is 5.69 Å². The number of aliphatic carboxylic acids is 1. The zero-order valence-corrected chi connectivity index (χ0v) is 8.18. The Morgan fingerprint density at radius 2 is 2.20 bits per heavy atom. The molecule has 15 heavy (non-hydrogen) atoms. The van der Waals surface area contributed by atoms with E-state index in [1.54, 1.807) is 0 Å². The number of carbonyl (C=O) groups is 1. The van der Waals surface area contributed by atoms with Crippen molar-refractivity contribution in [1.29, 1.82) is 0 Å². The molecule has 0 aliphatic carbocycles. The van der Waals surface area contributed by atoms with E-state index in [0.717, 1.165) is 11.2 Å². The van der Waals surface area contributed by atoms with Crippen molar-refractivity contribution >= 4 is 16.9 Å². The predicted molar refractivity (Wildman–Crippen MR) is 56.8 cm³/mol. The number of rotatable bonds is 1. The number of hydrogen-bond donors (Lipinski definition) is 1. The summed E-state index contributed by atoms with van der Waals surface area (Å²) in [6, 6.07) is 10.2. The summed E-state index contributed by atoms with van der Waals surface area (Å²) in [4.78, 5) is 10.9. The molecule has 0 bridgehead atoms. The highest BCUT2D eigenvalue weighted by molar-refractivity contribution is 5.82. The summed E-state index contributed by atoms with van der Waals surface area (Å²) in [5.41, 5.74) is 2.29. The number of fused-ring (bicyclic) bond motifs is 3. The summed E-state index contributed by atoms with van der Waals surface area (Å²) in [7, 11) is 0. The first-order valence-corrected chi connectivity index (χ1v) is 5.05. The molecule has 3 rings (SSSR count). The van der Waals surface area contributed by atoms with Crippen LogP contribution in [0, 0.1) is 5.92 Å². The monoisotopic (exact) mass is 201 g/mol. The highest BCUT2D eigenvalue weighted by Gasteiger charge is 2.28. The maximum atomic E-state index is 10.9. The van der Waals surface area contributed by atoms with E-state index in [2.05, 4.69) is 16.7 Å². The molecule has 1 aliphatic rings. The molecular weight excluding hydrogens is 190 g/mol. The van der Waals surface area contributed by atoms with Gasteiger partial charge < -0.3 is 9.67 Å². The fourth-order valence-corrected chi connectivity index (χ4v) is 2.36. The predicted octanol–water partition coefficient (Wildman–Crippen LogP) is 1.90. The fourth-order valence-electron chi connectivity index (χ4n) is 2.36. The van der Waals surface area contributed by atoms with Crippen LogP contribution in [-0.2, 0) is 17.8 Å². The van der Waals surface area contributed by atoms with Gasteiger partial charge in [0.25, 0.3) is 0 Å². The number of para-hydroxylation sites is 1. The van der Waals surface area contributed by atoms with Crippen molar-refractivity contribution in [1.82, 2.24) is 4.57 Å². The first kappa shape index (κ1) is 8.53. The Morgan fingerprint density at radius 1 is 1.40 bits per heavy atom. The number of aromatic nitrogens is 1. The molecular formula is C12H11NO2. The molecule has 0 saturated carbocycles. The highest BCUT2D eigenvalue weighted by Crippen LogP contribution is 2.28. The maximum Gasteiger partial charge on any atom is 0.308 e. The maximum absolute atomic E-state index is 10.9. The molecule has 0 amide bonds. The van der Waals surface area contributed by atoms with Crippen molar-refractivity contribution in [2.45, 2.75) is 13.0 Å². The summed E-state index contributed by atoms with van der Waals surface area (Å²) in [6.45, 7) is 0.609. The minimum absolute atomic E-state index is 0.246. The lowest BCUT2D eigenvalue weighted by atomic mass is 10.1. The molecule has 3 heteroatoms. The molecule has 0 radical (unpaired) electrons. The molecule has 0 spiro atoms. The van der Waals surface area contributed by atoms with Crippen molar-refractivity contribution in [3.8, 4) is 0 Å². The van der Waals surface area contributed by atoms with Gasteiger partial charge in [0.15, 0.2) is 0 Å². The van der Waals surface area contributed by atoms with Crippen LogP contribution in [0.3, 0.4) is 0 Å². The summed E-state index contributed by atoms with van der Waals surface area (Å²) >= 11 is 0. The van der Waals surface area contributed by atoms with Crippen LogP contribution >= 0.6 is 0 Å². The molecule has 1 N–H and O–H groups in total. The van der Waals surface area contributed by atoms with E-state index >= 15 is 0 Å². The first-order valence-electron chi connectivity index (χ1n) is 5.05. The third-order valence-corrected chi connectivity index (χ3v) is 3.10. The lowest BCUT2D eigenvalue weighted by molar-refractivity contribution is -0.141. The van der Waals surface area contributed by atoms with Crippen LogP contribution in [0.4, 0.5) is 0 Å². The normalized spacial score (nSPS) is 19.3. The average Bonchev–Trinajstić information content (AvgIpc) is 2.73. The Labute approximate surface area is 86.9 Å². The topological polar surface area (TPSA) is 42.2 Å². The van der Waals surface area contributed by atoms with Gasteiger partial charge in [-0.3, -0.25) is 4.79 Å². The zero-order chi connectivity index (χ0) is 10.4. The van der Waals surface area contributed by atoms with Gasteiger partial charge in [-0.1, -0.05) is 18.2 Å². The standard InChI is InChI=1S/C12H11NO2/c14-12(15)9-6-10-5-8-3-1-2-4-11(8)13(10)7-9/h1-5,9H,6-7H2,(H,14,15). The molecule has 1 aromatic carbocycles. The molecule has 1 aromatic heterocycles. The minimum atomic E-state index is -0.692. The highest BCUT2D eigenvalue weighted by atomic mass is 16.4. The van der Waals surface area contributed by atoms with Crippen molar-refractivity contribution < 1.29 is 9.90 Å². The van der Waals surface area contributed by atoms with Crippen LogP contribution in [-0.4, -0.2) is 15.6 Å². The summed E-state index contributed by atoms with van der Waals surface area (Å²) in [5.74, 6) is -0.938. The van der Waals surface area contributed by atoms with Gasteiger partial charge in [0.2, 0.25) is 0 Å². The quantitative estimate of drug-likeness (QED) is 0.765. The second-order valence-electron chi connectivity index (χ2n) is 4.04. The zero-order valence-electron chi connectivity index (χ0n) is 8.18.